The van der Waals surface area contributed by atoms with Crippen molar-refractivity contribution in [2.75, 3.05) is 20.1 Å². The third-order valence-electron chi connectivity index (χ3n) is 5.67. The van der Waals surface area contributed by atoms with Gasteiger partial charge in [-0.05, 0) is 49.1 Å². The van der Waals surface area contributed by atoms with Gasteiger partial charge in [-0.2, -0.15) is 0 Å². The van der Waals surface area contributed by atoms with Gasteiger partial charge in [0, 0.05) is 55.4 Å². The summed E-state index contributed by atoms with van der Waals surface area (Å²) in [6, 6.07) is 15.8. The summed E-state index contributed by atoms with van der Waals surface area (Å²) in [4.78, 5) is 11.4. The highest BCUT2D eigenvalue weighted by Gasteiger charge is 2.39. The Morgan fingerprint density at radius 2 is 1.93 bits per heavy atom. The van der Waals surface area contributed by atoms with E-state index in [1.54, 1.807) is 0 Å². The van der Waals surface area contributed by atoms with Crippen LogP contribution in [0.25, 0.3) is 0 Å². The molecule has 2 aliphatic rings. The number of aromatic nitrogens is 1. The molecule has 2 unspecified atom stereocenters. The first kappa shape index (κ1) is 19.4. The van der Waals surface area contributed by atoms with Gasteiger partial charge in [-0.15, -0.1) is 0 Å². The SMILES string of the molecule is CN=C(NC1CCN(Cc2ccccn2)CC1)NC1CC1c1ccc(Br)cc1. The largest absolute Gasteiger partial charge is 0.354 e. The van der Waals surface area contributed by atoms with E-state index in [1.807, 2.05) is 19.3 Å². The number of guanidine groups is 1. The van der Waals surface area contributed by atoms with Gasteiger partial charge in [0.2, 0.25) is 0 Å². The molecule has 1 aromatic carbocycles. The Bertz CT molecular complexity index is 784. The van der Waals surface area contributed by atoms with Gasteiger partial charge >= 0.3 is 0 Å². The molecule has 2 N–H and O–H groups in total. The summed E-state index contributed by atoms with van der Waals surface area (Å²) < 4.78 is 1.13. The van der Waals surface area contributed by atoms with Crippen molar-refractivity contribution >= 4 is 21.9 Å². The van der Waals surface area contributed by atoms with Crippen LogP contribution >= 0.6 is 15.9 Å². The van der Waals surface area contributed by atoms with Gasteiger partial charge in [0.1, 0.15) is 0 Å². The predicted octanol–water partition coefficient (Wildman–Crippen LogP) is 3.53. The molecular formula is C22H28BrN5. The lowest BCUT2D eigenvalue weighted by Crippen LogP contribution is -2.49. The standard InChI is InChI=1S/C22H28BrN5/c1-24-22(27-21-14-20(21)16-5-7-17(23)8-6-16)26-18-9-12-28(13-10-18)15-19-4-2-3-11-25-19/h2-8,11,18,20-21H,9-10,12-15H2,1H3,(H2,24,26,27). The van der Waals surface area contributed by atoms with E-state index in [9.17, 15) is 0 Å². The van der Waals surface area contributed by atoms with Crippen molar-refractivity contribution < 1.29 is 0 Å². The number of likely N-dealkylation sites (tertiary alicyclic amines) is 1. The summed E-state index contributed by atoms with van der Waals surface area (Å²) in [6.45, 7) is 3.13. The van der Waals surface area contributed by atoms with Crippen molar-refractivity contribution in [1.29, 1.82) is 0 Å². The summed E-state index contributed by atoms with van der Waals surface area (Å²) in [5, 5.41) is 7.24. The molecule has 2 heterocycles. The first-order chi connectivity index (χ1) is 13.7. The molecular weight excluding hydrogens is 414 g/mol. The molecule has 2 aromatic rings. The Morgan fingerprint density at radius 3 is 2.61 bits per heavy atom. The lowest BCUT2D eigenvalue weighted by molar-refractivity contribution is 0.196. The number of benzene rings is 1. The molecule has 1 saturated heterocycles. The molecule has 0 amide bonds. The fraction of sp³-hybridized carbons (Fsp3) is 0.455. The molecule has 2 atom stereocenters. The maximum atomic E-state index is 4.45. The topological polar surface area (TPSA) is 52.6 Å². The molecule has 0 spiro atoms. The van der Waals surface area contributed by atoms with Gasteiger partial charge in [-0.3, -0.25) is 14.9 Å². The lowest BCUT2D eigenvalue weighted by atomic mass is 10.0. The number of aliphatic imine (C=N–C) groups is 1. The van der Waals surface area contributed by atoms with Crippen LogP contribution in [0.5, 0.6) is 0 Å². The van der Waals surface area contributed by atoms with Crippen LogP contribution in [-0.4, -0.2) is 48.1 Å². The van der Waals surface area contributed by atoms with Crippen molar-refractivity contribution in [2.24, 2.45) is 4.99 Å². The monoisotopic (exact) mass is 441 g/mol. The number of nitrogens with zero attached hydrogens (tertiary/aromatic N) is 3. The minimum Gasteiger partial charge on any atom is -0.354 e. The smallest absolute Gasteiger partial charge is 0.191 e. The van der Waals surface area contributed by atoms with Crippen LogP contribution in [0.4, 0.5) is 0 Å². The molecule has 6 heteroatoms. The van der Waals surface area contributed by atoms with Gasteiger partial charge in [0.05, 0.1) is 5.69 Å². The predicted molar refractivity (Wildman–Crippen MR) is 117 cm³/mol. The minimum absolute atomic E-state index is 0.482. The van der Waals surface area contributed by atoms with Crippen LogP contribution in [0, 0.1) is 0 Å². The van der Waals surface area contributed by atoms with Crippen LogP contribution in [0.15, 0.2) is 58.1 Å². The van der Waals surface area contributed by atoms with Crippen molar-refractivity contribution in [2.45, 2.75) is 43.8 Å². The Morgan fingerprint density at radius 1 is 1.14 bits per heavy atom. The van der Waals surface area contributed by atoms with Crippen LogP contribution < -0.4 is 10.6 Å². The summed E-state index contributed by atoms with van der Waals surface area (Å²) in [6.07, 6.45) is 5.31. The third-order valence-corrected chi connectivity index (χ3v) is 6.20. The Labute approximate surface area is 175 Å². The summed E-state index contributed by atoms with van der Waals surface area (Å²) in [7, 11) is 1.86. The number of nitrogens with one attached hydrogen (secondary N) is 2. The summed E-state index contributed by atoms with van der Waals surface area (Å²) in [5.41, 5.74) is 2.55. The quantitative estimate of drug-likeness (QED) is 0.550. The molecule has 4 rings (SSSR count). The Kier molecular flexibility index (Phi) is 6.27. The van der Waals surface area contributed by atoms with E-state index >= 15 is 0 Å². The zero-order valence-corrected chi connectivity index (χ0v) is 17.9. The molecule has 2 fully saturated rings. The number of halogens is 1. The zero-order valence-electron chi connectivity index (χ0n) is 16.3. The van der Waals surface area contributed by atoms with Crippen LogP contribution in [0.3, 0.4) is 0 Å². The summed E-state index contributed by atoms with van der Waals surface area (Å²) >= 11 is 3.51. The van der Waals surface area contributed by atoms with Gasteiger partial charge < -0.3 is 10.6 Å². The number of rotatable bonds is 5. The molecule has 28 heavy (non-hydrogen) atoms. The Hall–Kier alpha value is -1.92. The highest BCUT2D eigenvalue weighted by Crippen LogP contribution is 2.41. The van der Waals surface area contributed by atoms with Crippen LogP contribution in [-0.2, 0) is 6.54 Å². The first-order valence-electron chi connectivity index (χ1n) is 10.1. The van der Waals surface area contributed by atoms with Crippen LogP contribution in [0.1, 0.15) is 36.4 Å². The van der Waals surface area contributed by atoms with Crippen molar-refractivity contribution in [3.8, 4) is 0 Å². The molecule has 1 saturated carbocycles. The van der Waals surface area contributed by atoms with E-state index in [0.717, 1.165) is 48.6 Å². The average molecular weight is 442 g/mol. The van der Waals surface area contributed by atoms with Crippen LogP contribution in [0.2, 0.25) is 0 Å². The van der Waals surface area contributed by atoms with Gasteiger partial charge in [-0.25, -0.2) is 0 Å². The van der Waals surface area contributed by atoms with E-state index in [4.69, 9.17) is 0 Å². The normalized spacial score (nSPS) is 23.4. The van der Waals surface area contributed by atoms with E-state index in [0.29, 0.717) is 18.0 Å². The zero-order chi connectivity index (χ0) is 19.3. The lowest BCUT2D eigenvalue weighted by Gasteiger charge is -2.32. The number of piperidine rings is 1. The number of hydrogen-bond donors (Lipinski definition) is 2. The van der Waals surface area contributed by atoms with Gasteiger partial charge in [0.25, 0.3) is 0 Å². The van der Waals surface area contributed by atoms with Crippen molar-refractivity contribution in [3.63, 3.8) is 0 Å². The highest BCUT2D eigenvalue weighted by molar-refractivity contribution is 9.10. The third kappa shape index (κ3) is 5.11. The van der Waals surface area contributed by atoms with Gasteiger partial charge in [0.15, 0.2) is 5.96 Å². The molecule has 0 bridgehead atoms. The van der Waals surface area contributed by atoms with E-state index < -0.39 is 0 Å². The molecule has 148 valence electrons. The average Bonchev–Trinajstić information content (AvgIpc) is 3.49. The first-order valence-corrected chi connectivity index (χ1v) is 10.9. The minimum atomic E-state index is 0.482. The maximum absolute atomic E-state index is 4.45. The molecule has 1 aliphatic heterocycles. The van der Waals surface area contributed by atoms with E-state index in [1.165, 1.54) is 12.0 Å². The van der Waals surface area contributed by atoms with Gasteiger partial charge in [-0.1, -0.05) is 34.1 Å². The van der Waals surface area contributed by atoms with Crippen molar-refractivity contribution in [1.82, 2.24) is 20.5 Å². The number of pyridine rings is 1. The van der Waals surface area contributed by atoms with Crippen molar-refractivity contribution in [3.05, 3.63) is 64.4 Å². The van der Waals surface area contributed by atoms with E-state index in [2.05, 4.69) is 77.8 Å². The second-order valence-corrected chi connectivity index (χ2v) is 8.65. The second kappa shape index (κ2) is 9.05. The summed E-state index contributed by atoms with van der Waals surface area (Å²) in [5.74, 6) is 1.53. The fourth-order valence-corrected chi connectivity index (χ4v) is 4.19. The highest BCUT2D eigenvalue weighted by atomic mass is 79.9. The number of hydrogen-bond acceptors (Lipinski definition) is 3. The molecule has 5 nitrogen and oxygen atoms in total. The Balaban J connectivity index is 1.21. The maximum Gasteiger partial charge on any atom is 0.191 e. The second-order valence-electron chi connectivity index (χ2n) is 7.73. The molecule has 1 aliphatic carbocycles. The fourth-order valence-electron chi connectivity index (χ4n) is 3.93. The molecule has 1 aromatic heterocycles. The van der Waals surface area contributed by atoms with E-state index in [-0.39, 0.29) is 0 Å². The molecule has 0 radical (unpaired) electrons.